The summed E-state index contributed by atoms with van der Waals surface area (Å²) in [6.07, 6.45) is 1.45. The zero-order valence-electron chi connectivity index (χ0n) is 6.33. The molecule has 0 unspecified atom stereocenters. The molecule has 11 heavy (non-hydrogen) atoms. The molecule has 0 aromatic rings. The summed E-state index contributed by atoms with van der Waals surface area (Å²) in [4.78, 5) is 14.8. The van der Waals surface area contributed by atoms with E-state index in [1.54, 1.807) is 6.92 Å². The lowest BCUT2D eigenvalue weighted by Crippen LogP contribution is -2.12. The fourth-order valence-electron chi connectivity index (χ4n) is 0.796. The van der Waals surface area contributed by atoms with Crippen LogP contribution >= 0.6 is 0 Å². The molecule has 1 aliphatic rings. The van der Waals surface area contributed by atoms with E-state index in [9.17, 15) is 4.79 Å². The molecule has 0 spiro atoms. The van der Waals surface area contributed by atoms with Crippen molar-refractivity contribution in [3.63, 3.8) is 0 Å². The van der Waals surface area contributed by atoms with Gasteiger partial charge in [-0.1, -0.05) is 0 Å². The molecule has 1 aliphatic heterocycles. The third kappa shape index (κ3) is 1.58. The molecule has 0 amide bonds. The molecule has 4 nitrogen and oxygen atoms in total. The summed E-state index contributed by atoms with van der Waals surface area (Å²) in [5.41, 5.74) is 6.35. The summed E-state index contributed by atoms with van der Waals surface area (Å²) in [6, 6.07) is 0. The predicted octanol–water partition coefficient (Wildman–Crippen LogP) is -0.153. The van der Waals surface area contributed by atoms with Crippen LogP contribution < -0.4 is 5.73 Å². The van der Waals surface area contributed by atoms with E-state index >= 15 is 0 Å². The molecule has 0 aliphatic carbocycles. The van der Waals surface area contributed by atoms with E-state index in [-0.39, 0.29) is 5.97 Å². The Morgan fingerprint density at radius 3 is 3.09 bits per heavy atom. The summed E-state index contributed by atoms with van der Waals surface area (Å²) in [7, 11) is 0. The first kappa shape index (κ1) is 7.78. The highest BCUT2D eigenvalue weighted by Crippen LogP contribution is 2.05. The van der Waals surface area contributed by atoms with Gasteiger partial charge in [0.1, 0.15) is 0 Å². The van der Waals surface area contributed by atoms with Crippen LogP contribution in [0.4, 0.5) is 0 Å². The van der Waals surface area contributed by atoms with E-state index in [4.69, 9.17) is 10.5 Å². The molecule has 60 valence electrons. The van der Waals surface area contributed by atoms with E-state index in [0.717, 1.165) is 0 Å². The van der Waals surface area contributed by atoms with Crippen LogP contribution in [0.1, 0.15) is 6.92 Å². The zero-order valence-corrected chi connectivity index (χ0v) is 6.33. The Bertz CT molecular complexity index is 231. The maximum Gasteiger partial charge on any atom is 0.341 e. The Kier molecular flexibility index (Phi) is 2.25. The van der Waals surface area contributed by atoms with Crippen molar-refractivity contribution in [3.8, 4) is 0 Å². The highest BCUT2D eigenvalue weighted by molar-refractivity contribution is 6.11. The van der Waals surface area contributed by atoms with E-state index in [1.165, 1.54) is 6.21 Å². The van der Waals surface area contributed by atoms with E-state index in [0.29, 0.717) is 24.4 Å². The van der Waals surface area contributed by atoms with Crippen molar-refractivity contribution in [1.29, 1.82) is 0 Å². The summed E-state index contributed by atoms with van der Waals surface area (Å²) in [5.74, 6) is -0.383. The standard InChI is InChI=1S/C7H10N2O2/c1-2-11-7(10)5-3-9-4-6(5)8/h3H,2,4,8H2,1H3. The second kappa shape index (κ2) is 3.18. The number of hydrogen-bond donors (Lipinski definition) is 1. The number of hydrogen-bond acceptors (Lipinski definition) is 4. The molecule has 0 aromatic heterocycles. The van der Waals surface area contributed by atoms with Gasteiger partial charge in [0.05, 0.1) is 18.7 Å². The first-order chi connectivity index (χ1) is 5.25. The molecule has 0 bridgehead atoms. The first-order valence-electron chi connectivity index (χ1n) is 3.41. The number of rotatable bonds is 2. The number of ether oxygens (including phenoxy) is 1. The third-order valence-electron chi connectivity index (χ3n) is 1.32. The first-order valence-corrected chi connectivity index (χ1v) is 3.41. The van der Waals surface area contributed by atoms with Gasteiger partial charge in [0.15, 0.2) is 0 Å². The number of carbonyl (C=O) groups is 1. The van der Waals surface area contributed by atoms with E-state index in [1.807, 2.05) is 0 Å². The SMILES string of the molecule is CCOC(=O)C1=C(N)CN=C1. The van der Waals surface area contributed by atoms with Gasteiger partial charge in [-0.2, -0.15) is 0 Å². The van der Waals surface area contributed by atoms with Gasteiger partial charge < -0.3 is 10.5 Å². The van der Waals surface area contributed by atoms with Crippen LogP contribution in [0.2, 0.25) is 0 Å². The molecule has 0 atom stereocenters. The monoisotopic (exact) mass is 154 g/mol. The van der Waals surface area contributed by atoms with Gasteiger partial charge in [-0.05, 0) is 6.92 Å². The zero-order chi connectivity index (χ0) is 8.27. The second-order valence-corrected chi connectivity index (χ2v) is 2.13. The maximum atomic E-state index is 11.0. The minimum Gasteiger partial charge on any atom is -0.462 e. The molecule has 1 heterocycles. The molecular weight excluding hydrogens is 144 g/mol. The van der Waals surface area contributed by atoms with Gasteiger partial charge in [0.2, 0.25) is 0 Å². The molecular formula is C7H10N2O2. The summed E-state index contributed by atoms with van der Waals surface area (Å²) < 4.78 is 4.73. The molecule has 0 saturated heterocycles. The minimum absolute atomic E-state index is 0.365. The second-order valence-electron chi connectivity index (χ2n) is 2.13. The van der Waals surface area contributed by atoms with Gasteiger partial charge in [0, 0.05) is 11.9 Å². The average Bonchev–Trinajstić information content (AvgIpc) is 2.36. The van der Waals surface area contributed by atoms with Crippen LogP contribution in [0.3, 0.4) is 0 Å². The average molecular weight is 154 g/mol. The lowest BCUT2D eigenvalue weighted by molar-refractivity contribution is -0.137. The maximum absolute atomic E-state index is 11.0. The van der Waals surface area contributed by atoms with Gasteiger partial charge in [-0.15, -0.1) is 0 Å². The largest absolute Gasteiger partial charge is 0.462 e. The summed E-state index contributed by atoms with van der Waals surface area (Å²) in [6.45, 7) is 2.53. The van der Waals surface area contributed by atoms with Crippen molar-refractivity contribution >= 4 is 12.2 Å². The highest BCUT2D eigenvalue weighted by atomic mass is 16.5. The lowest BCUT2D eigenvalue weighted by Gasteiger charge is -1.99. The smallest absolute Gasteiger partial charge is 0.341 e. The van der Waals surface area contributed by atoms with Gasteiger partial charge >= 0.3 is 5.97 Å². The fourth-order valence-corrected chi connectivity index (χ4v) is 0.796. The van der Waals surface area contributed by atoms with E-state index < -0.39 is 0 Å². The molecule has 2 N–H and O–H groups in total. The van der Waals surface area contributed by atoms with Crippen LogP contribution in [0, 0.1) is 0 Å². The lowest BCUT2D eigenvalue weighted by atomic mass is 10.2. The van der Waals surface area contributed by atoms with Crippen LogP contribution in [0.15, 0.2) is 16.3 Å². The number of nitrogens with zero attached hydrogens (tertiary/aromatic N) is 1. The van der Waals surface area contributed by atoms with Crippen LogP contribution in [0.25, 0.3) is 0 Å². The number of nitrogens with two attached hydrogens (primary N) is 1. The fraction of sp³-hybridized carbons (Fsp3) is 0.429. The molecule has 0 saturated carbocycles. The number of esters is 1. The van der Waals surface area contributed by atoms with Crippen LogP contribution in [0.5, 0.6) is 0 Å². The van der Waals surface area contributed by atoms with Gasteiger partial charge in [0.25, 0.3) is 0 Å². The predicted molar refractivity (Wildman–Crippen MR) is 41.2 cm³/mol. The Balaban J connectivity index is 2.66. The highest BCUT2D eigenvalue weighted by Gasteiger charge is 2.15. The summed E-state index contributed by atoms with van der Waals surface area (Å²) >= 11 is 0. The van der Waals surface area contributed by atoms with Crippen molar-refractivity contribution in [2.75, 3.05) is 13.2 Å². The molecule has 4 heteroatoms. The van der Waals surface area contributed by atoms with E-state index in [2.05, 4.69) is 4.99 Å². The number of aliphatic imine (C=N–C) groups is 1. The van der Waals surface area contributed by atoms with Gasteiger partial charge in [-0.3, -0.25) is 4.99 Å². The molecule has 0 aromatic carbocycles. The minimum atomic E-state index is -0.383. The molecule has 1 rings (SSSR count). The molecule has 0 radical (unpaired) electrons. The van der Waals surface area contributed by atoms with Crippen molar-refractivity contribution in [2.45, 2.75) is 6.92 Å². The topological polar surface area (TPSA) is 64.7 Å². The Labute approximate surface area is 64.7 Å². The van der Waals surface area contributed by atoms with Crippen molar-refractivity contribution in [3.05, 3.63) is 11.3 Å². The Hall–Kier alpha value is -1.32. The van der Waals surface area contributed by atoms with Crippen LogP contribution in [-0.2, 0) is 9.53 Å². The van der Waals surface area contributed by atoms with Crippen molar-refractivity contribution in [1.82, 2.24) is 0 Å². The quantitative estimate of drug-likeness (QED) is 0.562. The normalized spacial score (nSPS) is 15.7. The Morgan fingerprint density at radius 1 is 1.91 bits per heavy atom. The third-order valence-corrected chi connectivity index (χ3v) is 1.32. The van der Waals surface area contributed by atoms with Crippen molar-refractivity contribution < 1.29 is 9.53 Å². The Morgan fingerprint density at radius 2 is 2.64 bits per heavy atom. The van der Waals surface area contributed by atoms with Gasteiger partial charge in [-0.25, -0.2) is 4.79 Å². The number of carbonyl (C=O) groups excluding carboxylic acids is 1. The van der Waals surface area contributed by atoms with Crippen LogP contribution in [-0.4, -0.2) is 25.3 Å². The summed E-state index contributed by atoms with van der Waals surface area (Å²) in [5, 5.41) is 0. The van der Waals surface area contributed by atoms with Crippen molar-refractivity contribution in [2.24, 2.45) is 10.7 Å². The molecule has 0 fully saturated rings.